The van der Waals surface area contributed by atoms with E-state index in [-0.39, 0.29) is 11.5 Å². The summed E-state index contributed by atoms with van der Waals surface area (Å²) in [6, 6.07) is 0. The maximum absolute atomic E-state index is 10.9. The molecule has 0 spiro atoms. The van der Waals surface area contributed by atoms with E-state index in [4.69, 9.17) is 5.11 Å². The van der Waals surface area contributed by atoms with Crippen molar-refractivity contribution in [2.75, 3.05) is 24.7 Å². The second-order valence-corrected chi connectivity index (χ2v) is 9.27. The quantitative estimate of drug-likeness (QED) is 0.0931. The Morgan fingerprint density at radius 1 is 1.08 bits per heavy atom. The molecule has 1 saturated heterocycles. The summed E-state index contributed by atoms with van der Waals surface area (Å²) in [5.41, 5.74) is 0. The molecule has 1 rings (SSSR count). The molecule has 26 heavy (non-hydrogen) atoms. The van der Waals surface area contributed by atoms with Crippen molar-refractivity contribution in [1.82, 2.24) is 0 Å². The van der Waals surface area contributed by atoms with Crippen LogP contribution in [-0.2, 0) is 25.5 Å². The van der Waals surface area contributed by atoms with Crippen LogP contribution in [0.4, 0.5) is 0 Å². The molecule has 0 bridgehead atoms. The number of hydrogen-bond acceptors (Lipinski definition) is 12. The first-order valence-electron chi connectivity index (χ1n) is 7.53. The first-order valence-corrected chi connectivity index (χ1v) is 10.5. The van der Waals surface area contributed by atoms with Gasteiger partial charge in [0.1, 0.15) is 54.2 Å². The van der Waals surface area contributed by atoms with Crippen molar-refractivity contribution in [1.29, 1.82) is 0 Å². The third-order valence-electron chi connectivity index (χ3n) is 4.03. The van der Waals surface area contributed by atoms with Crippen LogP contribution in [0.2, 0.25) is 0 Å². The molecule has 12 nitrogen and oxygen atoms in total. The Balaban J connectivity index is 2.95. The number of rotatable bonds is 10. The molecule has 0 saturated carbocycles. The van der Waals surface area contributed by atoms with E-state index in [1.165, 1.54) is 0 Å². The van der Waals surface area contributed by atoms with Gasteiger partial charge in [-0.05, 0) is 0 Å². The van der Waals surface area contributed by atoms with Gasteiger partial charge in [-0.3, -0.25) is 4.18 Å². The molecule has 0 aromatic rings. The number of aliphatic hydroxyl groups is 8. The van der Waals surface area contributed by atoms with E-state index in [0.717, 1.165) is 0 Å². The minimum Gasteiger partial charge on any atom is -0.726 e. The SMILES string of the molecule is O=S(=O)([O-])O[C@@H]([C@@H](O)[C@@H](O)[C@@H](O)CO)[C@H](O)C[S+]1C[C@@H](O)[C@H](O)[C@H]1CO. The van der Waals surface area contributed by atoms with Crippen LogP contribution in [0, 0.1) is 0 Å². The van der Waals surface area contributed by atoms with Crippen LogP contribution in [0.3, 0.4) is 0 Å². The number of hydrogen-bond donors (Lipinski definition) is 8. The predicted molar refractivity (Wildman–Crippen MR) is 85.7 cm³/mol. The van der Waals surface area contributed by atoms with Crippen LogP contribution in [0.1, 0.15) is 0 Å². The van der Waals surface area contributed by atoms with Crippen LogP contribution in [0.5, 0.6) is 0 Å². The van der Waals surface area contributed by atoms with Gasteiger partial charge in [-0.15, -0.1) is 0 Å². The van der Waals surface area contributed by atoms with E-state index in [0.29, 0.717) is 0 Å². The van der Waals surface area contributed by atoms with Crippen molar-refractivity contribution in [3.05, 3.63) is 0 Å². The summed E-state index contributed by atoms with van der Waals surface area (Å²) in [5, 5.41) is 75.8. The lowest BCUT2D eigenvalue weighted by Crippen LogP contribution is -2.53. The van der Waals surface area contributed by atoms with Crippen molar-refractivity contribution in [3.63, 3.8) is 0 Å². The van der Waals surface area contributed by atoms with Gasteiger partial charge in [-0.1, -0.05) is 0 Å². The third-order valence-corrected chi connectivity index (χ3v) is 7.31. The van der Waals surface area contributed by atoms with Crippen molar-refractivity contribution in [2.45, 2.75) is 48.0 Å². The predicted octanol–water partition coefficient (Wildman–Crippen LogP) is -6.02. The lowest BCUT2D eigenvalue weighted by Gasteiger charge is -2.31. The molecule has 1 unspecified atom stereocenters. The highest BCUT2D eigenvalue weighted by Crippen LogP contribution is 2.26. The van der Waals surface area contributed by atoms with Gasteiger partial charge in [0.05, 0.1) is 13.2 Å². The topological polar surface area (TPSA) is 228 Å². The molecule has 1 heterocycles. The highest BCUT2D eigenvalue weighted by molar-refractivity contribution is 7.97. The molecule has 9 atom stereocenters. The van der Waals surface area contributed by atoms with E-state index in [1.807, 2.05) is 0 Å². The fraction of sp³-hybridized carbons (Fsp3) is 1.00. The normalized spacial score (nSPS) is 32.8. The second-order valence-electron chi connectivity index (χ2n) is 5.92. The van der Waals surface area contributed by atoms with Crippen molar-refractivity contribution >= 4 is 21.3 Å². The Morgan fingerprint density at radius 2 is 1.65 bits per heavy atom. The standard InChI is InChI=1S/C12H24O12S2/c13-1-5(15)10(19)11(20)12(24-26(21,22)23)7(17)4-25-3-6(16)9(18)8(25)2-14/h5-20H,1-4H2/t5-,6+,7+,8+,9-,10-,11-,12+,25?/m0/s1. The van der Waals surface area contributed by atoms with Gasteiger partial charge in [0.2, 0.25) is 10.4 Å². The molecular formula is C12H24O12S2. The fourth-order valence-corrected chi connectivity index (χ4v) is 5.82. The zero-order valence-corrected chi connectivity index (χ0v) is 15.1. The Hall–Kier alpha value is -0.100. The minimum absolute atomic E-state index is 0.0296. The van der Waals surface area contributed by atoms with Crippen molar-refractivity contribution < 1.29 is 58.0 Å². The number of aliphatic hydroxyl groups excluding tert-OH is 8. The Labute approximate surface area is 152 Å². The summed E-state index contributed by atoms with van der Waals surface area (Å²) in [7, 11) is -6.45. The van der Waals surface area contributed by atoms with Crippen molar-refractivity contribution in [3.8, 4) is 0 Å². The van der Waals surface area contributed by atoms with Gasteiger partial charge in [-0.25, -0.2) is 8.42 Å². The largest absolute Gasteiger partial charge is 0.726 e. The monoisotopic (exact) mass is 424 g/mol. The van der Waals surface area contributed by atoms with Crippen molar-refractivity contribution in [2.24, 2.45) is 0 Å². The summed E-state index contributed by atoms with van der Waals surface area (Å²) in [5.74, 6) is -0.406. The van der Waals surface area contributed by atoms with Gasteiger partial charge in [0.15, 0.2) is 5.25 Å². The first-order chi connectivity index (χ1) is 11.9. The molecule has 0 amide bonds. The van der Waals surface area contributed by atoms with E-state index in [9.17, 15) is 48.7 Å². The average molecular weight is 424 g/mol. The third kappa shape index (κ3) is 6.22. The Kier molecular flexibility index (Phi) is 9.12. The van der Waals surface area contributed by atoms with Gasteiger partial charge in [0, 0.05) is 10.9 Å². The highest BCUT2D eigenvalue weighted by Gasteiger charge is 2.51. The smallest absolute Gasteiger partial charge is 0.218 e. The van der Waals surface area contributed by atoms with E-state index in [1.54, 1.807) is 0 Å². The molecule has 1 aliphatic heterocycles. The molecule has 8 N–H and O–H groups in total. The molecule has 1 aliphatic rings. The van der Waals surface area contributed by atoms with Crippen LogP contribution in [0.25, 0.3) is 0 Å². The molecule has 0 aromatic carbocycles. The van der Waals surface area contributed by atoms with Gasteiger partial charge in [0.25, 0.3) is 0 Å². The molecule has 0 aromatic heterocycles. The van der Waals surface area contributed by atoms with Gasteiger partial charge < -0.3 is 45.4 Å². The van der Waals surface area contributed by atoms with Crippen LogP contribution >= 0.6 is 0 Å². The average Bonchev–Trinajstić information content (AvgIpc) is 2.82. The lowest BCUT2D eigenvalue weighted by atomic mass is 10.0. The lowest BCUT2D eigenvalue weighted by molar-refractivity contribution is -0.129. The molecule has 1 fully saturated rings. The maximum Gasteiger partial charge on any atom is 0.218 e. The molecule has 0 radical (unpaired) electrons. The Bertz CT molecular complexity index is 530. The minimum atomic E-state index is -5.42. The molecule has 14 heteroatoms. The zero-order chi connectivity index (χ0) is 20.2. The first kappa shape index (κ1) is 23.9. The van der Waals surface area contributed by atoms with E-state index >= 15 is 0 Å². The fourth-order valence-electron chi connectivity index (χ4n) is 2.62. The van der Waals surface area contributed by atoms with Crippen LogP contribution < -0.4 is 0 Å². The van der Waals surface area contributed by atoms with Crippen LogP contribution in [-0.4, -0.2) is 127 Å². The second kappa shape index (κ2) is 9.90. The Morgan fingerprint density at radius 3 is 2.12 bits per heavy atom. The summed E-state index contributed by atoms with van der Waals surface area (Å²) in [6.07, 6.45) is -12.8. The van der Waals surface area contributed by atoms with E-state index in [2.05, 4.69) is 4.18 Å². The highest BCUT2D eigenvalue weighted by atomic mass is 32.3. The molecule has 0 aliphatic carbocycles. The van der Waals surface area contributed by atoms with Gasteiger partial charge in [-0.2, -0.15) is 0 Å². The summed E-state index contributed by atoms with van der Waals surface area (Å²) >= 11 is 0. The van der Waals surface area contributed by atoms with Gasteiger partial charge >= 0.3 is 0 Å². The molecule has 156 valence electrons. The molecular weight excluding hydrogens is 400 g/mol. The maximum atomic E-state index is 10.9. The van der Waals surface area contributed by atoms with Crippen LogP contribution in [0.15, 0.2) is 0 Å². The summed E-state index contributed by atoms with van der Waals surface area (Å²) in [6.45, 7) is -1.53. The van der Waals surface area contributed by atoms with E-state index < -0.39 is 82.5 Å². The summed E-state index contributed by atoms with van der Waals surface area (Å²) in [4.78, 5) is 0. The zero-order valence-electron chi connectivity index (χ0n) is 13.5. The summed E-state index contributed by atoms with van der Waals surface area (Å²) < 4.78 is 36.7.